The summed E-state index contributed by atoms with van der Waals surface area (Å²) in [6.45, 7) is 5.32. The van der Waals surface area contributed by atoms with Crippen molar-refractivity contribution in [1.82, 2.24) is 9.97 Å². The molecule has 3 rings (SSSR count). The molecule has 0 atom stereocenters. The predicted octanol–water partition coefficient (Wildman–Crippen LogP) is 2.78. The number of anilines is 2. The second-order valence-electron chi connectivity index (χ2n) is 6.17. The van der Waals surface area contributed by atoms with Crippen LogP contribution in [0.25, 0.3) is 0 Å². The molecule has 98 valence electrons. The van der Waals surface area contributed by atoms with E-state index in [2.05, 4.69) is 29.1 Å². The first-order valence-corrected chi connectivity index (χ1v) is 6.97. The molecule has 0 aromatic carbocycles. The highest BCUT2D eigenvalue weighted by atomic mass is 15.0. The van der Waals surface area contributed by atoms with Gasteiger partial charge in [0.1, 0.15) is 18.0 Å². The molecule has 0 saturated heterocycles. The van der Waals surface area contributed by atoms with Crippen molar-refractivity contribution in [2.24, 2.45) is 11.3 Å². The van der Waals surface area contributed by atoms with Gasteiger partial charge in [0.2, 0.25) is 0 Å². The molecule has 0 bridgehead atoms. The first-order chi connectivity index (χ1) is 8.62. The molecule has 1 heterocycles. The summed E-state index contributed by atoms with van der Waals surface area (Å²) in [4.78, 5) is 8.46. The number of nitrogens with one attached hydrogen (secondary N) is 1. The second-order valence-corrected chi connectivity index (χ2v) is 6.17. The molecule has 2 aliphatic rings. The Balaban J connectivity index is 1.74. The van der Waals surface area contributed by atoms with E-state index < -0.39 is 0 Å². The van der Waals surface area contributed by atoms with Crippen LogP contribution in [0.15, 0.2) is 6.33 Å². The van der Waals surface area contributed by atoms with Crippen LogP contribution in [-0.2, 0) is 0 Å². The van der Waals surface area contributed by atoms with Gasteiger partial charge in [-0.05, 0) is 42.9 Å². The highest BCUT2D eigenvalue weighted by Gasteiger charge is 2.53. The molecule has 3 N–H and O–H groups in total. The van der Waals surface area contributed by atoms with Gasteiger partial charge in [0.25, 0.3) is 0 Å². The van der Waals surface area contributed by atoms with Crippen molar-refractivity contribution in [3.05, 3.63) is 11.9 Å². The summed E-state index contributed by atoms with van der Waals surface area (Å²) in [5.74, 6) is 2.86. The van der Waals surface area contributed by atoms with Crippen molar-refractivity contribution in [2.75, 3.05) is 17.6 Å². The molecule has 18 heavy (non-hydrogen) atoms. The Labute approximate surface area is 108 Å². The lowest BCUT2D eigenvalue weighted by Crippen LogP contribution is -2.19. The van der Waals surface area contributed by atoms with Gasteiger partial charge >= 0.3 is 0 Å². The van der Waals surface area contributed by atoms with Crippen molar-refractivity contribution >= 4 is 11.6 Å². The SMILES string of the molecule is CC(C)c1c(N)ncnc1NCC1(C2CC2)CC1. The minimum Gasteiger partial charge on any atom is -0.383 e. The standard InChI is InChI=1S/C14H22N4/c1-9(2)11-12(15)17-8-18-13(11)16-7-14(5-6-14)10-3-4-10/h8-10H,3-7H2,1-2H3,(H3,15,16,17,18). The third-order valence-corrected chi connectivity index (χ3v) is 4.44. The average molecular weight is 246 g/mol. The fourth-order valence-corrected chi connectivity index (χ4v) is 2.96. The van der Waals surface area contributed by atoms with Gasteiger partial charge in [0, 0.05) is 12.1 Å². The quantitative estimate of drug-likeness (QED) is 0.838. The summed E-state index contributed by atoms with van der Waals surface area (Å²) in [7, 11) is 0. The van der Waals surface area contributed by atoms with Gasteiger partial charge in [-0.15, -0.1) is 0 Å². The summed E-state index contributed by atoms with van der Waals surface area (Å²) in [5, 5.41) is 3.53. The molecule has 0 amide bonds. The number of nitrogens with two attached hydrogens (primary N) is 1. The van der Waals surface area contributed by atoms with Gasteiger partial charge in [-0.3, -0.25) is 0 Å². The first kappa shape index (κ1) is 11.8. The van der Waals surface area contributed by atoms with E-state index in [0.29, 0.717) is 17.2 Å². The van der Waals surface area contributed by atoms with E-state index in [9.17, 15) is 0 Å². The number of hydrogen-bond donors (Lipinski definition) is 2. The van der Waals surface area contributed by atoms with Gasteiger partial charge in [0.05, 0.1) is 0 Å². The Morgan fingerprint density at radius 1 is 1.39 bits per heavy atom. The van der Waals surface area contributed by atoms with E-state index in [1.807, 2.05) is 0 Å². The lowest BCUT2D eigenvalue weighted by Gasteiger charge is -2.19. The Morgan fingerprint density at radius 2 is 2.11 bits per heavy atom. The zero-order valence-corrected chi connectivity index (χ0v) is 11.2. The molecule has 1 aromatic rings. The van der Waals surface area contributed by atoms with Gasteiger partial charge in [-0.25, -0.2) is 9.97 Å². The summed E-state index contributed by atoms with van der Waals surface area (Å²) in [5.41, 5.74) is 7.59. The molecule has 0 aliphatic heterocycles. The second kappa shape index (κ2) is 4.11. The fraction of sp³-hybridized carbons (Fsp3) is 0.714. The first-order valence-electron chi connectivity index (χ1n) is 6.97. The molecular formula is C14H22N4. The van der Waals surface area contributed by atoms with Crippen LogP contribution in [0.1, 0.15) is 51.0 Å². The van der Waals surface area contributed by atoms with Gasteiger partial charge in [-0.2, -0.15) is 0 Å². The minimum absolute atomic E-state index is 0.352. The van der Waals surface area contributed by atoms with Crippen molar-refractivity contribution in [3.63, 3.8) is 0 Å². The number of nitrogens with zero attached hydrogens (tertiary/aromatic N) is 2. The maximum absolute atomic E-state index is 5.96. The maximum Gasteiger partial charge on any atom is 0.134 e. The Hall–Kier alpha value is -1.32. The minimum atomic E-state index is 0.352. The zero-order chi connectivity index (χ0) is 12.8. The van der Waals surface area contributed by atoms with Crippen LogP contribution in [0, 0.1) is 11.3 Å². The Kier molecular flexibility index (Phi) is 2.68. The topological polar surface area (TPSA) is 63.8 Å². The number of aromatic nitrogens is 2. The molecule has 1 aromatic heterocycles. The van der Waals surface area contributed by atoms with Crippen molar-refractivity contribution in [3.8, 4) is 0 Å². The van der Waals surface area contributed by atoms with Gasteiger partial charge in [0.15, 0.2) is 0 Å². The lowest BCUT2D eigenvalue weighted by molar-refractivity contribution is 0.466. The van der Waals surface area contributed by atoms with E-state index in [1.54, 1.807) is 6.33 Å². The number of rotatable bonds is 5. The average Bonchev–Trinajstić information content (AvgIpc) is 3.17. The van der Waals surface area contributed by atoms with Crippen molar-refractivity contribution in [1.29, 1.82) is 0 Å². The molecular weight excluding hydrogens is 224 g/mol. The van der Waals surface area contributed by atoms with Gasteiger partial charge < -0.3 is 11.1 Å². The lowest BCUT2D eigenvalue weighted by atomic mass is 10.00. The molecule has 4 nitrogen and oxygen atoms in total. The summed E-state index contributed by atoms with van der Waals surface area (Å²) < 4.78 is 0. The number of hydrogen-bond acceptors (Lipinski definition) is 4. The Bertz CT molecular complexity index is 447. The summed E-state index contributed by atoms with van der Waals surface area (Å²) in [6.07, 6.45) is 7.15. The van der Waals surface area contributed by atoms with Crippen molar-refractivity contribution in [2.45, 2.75) is 45.4 Å². The highest BCUT2D eigenvalue weighted by Crippen LogP contribution is 2.61. The van der Waals surface area contributed by atoms with Crippen LogP contribution in [0.2, 0.25) is 0 Å². The van der Waals surface area contributed by atoms with Crippen LogP contribution in [0.5, 0.6) is 0 Å². The van der Waals surface area contributed by atoms with E-state index >= 15 is 0 Å². The normalized spacial score (nSPS) is 21.1. The molecule has 4 heteroatoms. The Morgan fingerprint density at radius 3 is 2.67 bits per heavy atom. The molecule has 0 unspecified atom stereocenters. The van der Waals surface area contributed by atoms with Crippen LogP contribution < -0.4 is 11.1 Å². The smallest absolute Gasteiger partial charge is 0.134 e. The highest BCUT2D eigenvalue weighted by molar-refractivity contribution is 5.56. The van der Waals surface area contributed by atoms with E-state index in [0.717, 1.165) is 23.8 Å². The van der Waals surface area contributed by atoms with Crippen LogP contribution in [0.4, 0.5) is 11.6 Å². The number of nitrogen functional groups attached to an aromatic ring is 1. The van der Waals surface area contributed by atoms with E-state index in [1.165, 1.54) is 25.7 Å². The largest absolute Gasteiger partial charge is 0.383 e. The predicted molar refractivity (Wildman–Crippen MR) is 73.4 cm³/mol. The van der Waals surface area contributed by atoms with Gasteiger partial charge in [-0.1, -0.05) is 13.8 Å². The van der Waals surface area contributed by atoms with Crippen LogP contribution in [0.3, 0.4) is 0 Å². The molecule has 2 saturated carbocycles. The third-order valence-electron chi connectivity index (χ3n) is 4.44. The van der Waals surface area contributed by atoms with E-state index in [4.69, 9.17) is 5.73 Å². The monoisotopic (exact) mass is 246 g/mol. The van der Waals surface area contributed by atoms with Crippen molar-refractivity contribution < 1.29 is 0 Å². The maximum atomic E-state index is 5.96. The van der Waals surface area contributed by atoms with Crippen LogP contribution in [-0.4, -0.2) is 16.5 Å². The third kappa shape index (κ3) is 2.04. The van der Waals surface area contributed by atoms with Crippen LogP contribution >= 0.6 is 0 Å². The molecule has 0 spiro atoms. The summed E-state index contributed by atoms with van der Waals surface area (Å²) >= 11 is 0. The zero-order valence-electron chi connectivity index (χ0n) is 11.2. The molecule has 2 fully saturated rings. The van der Waals surface area contributed by atoms with E-state index in [-0.39, 0.29) is 0 Å². The molecule has 0 radical (unpaired) electrons. The molecule has 2 aliphatic carbocycles. The fourth-order valence-electron chi connectivity index (χ4n) is 2.96. The summed E-state index contributed by atoms with van der Waals surface area (Å²) in [6, 6.07) is 0.